The highest BCUT2D eigenvalue weighted by Crippen LogP contribution is 2.42. The molecule has 0 saturated heterocycles. The molecule has 0 atom stereocenters. The van der Waals surface area contributed by atoms with Gasteiger partial charge in [0.05, 0.1) is 79.7 Å². The molecule has 268 valence electrons. The maximum Gasteiger partial charge on any atom is 0.416 e. The van der Waals surface area contributed by atoms with Crippen molar-refractivity contribution in [1.82, 2.24) is 15.0 Å². The van der Waals surface area contributed by atoms with Crippen molar-refractivity contribution in [2.45, 2.75) is 12.4 Å². The molecule has 0 spiro atoms. The molecule has 12 heteroatoms. The molecule has 0 radical (unpaired) electrons. The lowest BCUT2D eigenvalue weighted by atomic mass is 9.93. The average Bonchev–Trinajstić information content (AvgIpc) is 3.21. The van der Waals surface area contributed by atoms with Gasteiger partial charge in [0.25, 0.3) is 0 Å². The van der Waals surface area contributed by atoms with Crippen LogP contribution in [0.4, 0.5) is 26.3 Å². The van der Waals surface area contributed by atoms with Crippen molar-refractivity contribution < 1.29 is 26.3 Å². The van der Waals surface area contributed by atoms with E-state index in [0.717, 1.165) is 0 Å². The molecule has 0 amide bonds. The van der Waals surface area contributed by atoms with E-state index in [1.807, 2.05) is 6.07 Å². The lowest BCUT2D eigenvalue weighted by Crippen LogP contribution is -2.11. The zero-order valence-electron chi connectivity index (χ0n) is 28.5. The molecule has 8 aromatic rings. The van der Waals surface area contributed by atoms with Gasteiger partial charge in [-0.05, 0) is 65.7 Å². The summed E-state index contributed by atoms with van der Waals surface area (Å²) in [5.41, 5.74) is 2.22. The van der Waals surface area contributed by atoms with E-state index >= 15 is 0 Å². The minimum atomic E-state index is -5.01. The number of hydrogen-bond donors (Lipinski definition) is 0. The van der Waals surface area contributed by atoms with E-state index < -0.39 is 23.5 Å². The van der Waals surface area contributed by atoms with Gasteiger partial charge < -0.3 is 0 Å². The largest absolute Gasteiger partial charge is 0.416 e. The molecular weight excluding hydrogens is 727 g/mol. The summed E-state index contributed by atoms with van der Waals surface area (Å²) in [6.07, 6.45) is -10.0. The van der Waals surface area contributed by atoms with E-state index in [9.17, 15) is 42.1 Å². The van der Waals surface area contributed by atoms with Crippen molar-refractivity contribution in [2.75, 3.05) is 0 Å². The van der Waals surface area contributed by atoms with Crippen LogP contribution < -0.4 is 0 Å². The molecule has 2 aromatic heterocycles. The van der Waals surface area contributed by atoms with Gasteiger partial charge in [0.1, 0.15) is 0 Å². The quantitative estimate of drug-likeness (QED) is 0.131. The van der Waals surface area contributed by atoms with Gasteiger partial charge in [-0.2, -0.15) is 42.1 Å². The van der Waals surface area contributed by atoms with Crippen LogP contribution in [-0.2, 0) is 12.4 Å². The second-order valence-corrected chi connectivity index (χ2v) is 12.8. The van der Waals surface area contributed by atoms with Crippen LogP contribution in [0.3, 0.4) is 0 Å². The summed E-state index contributed by atoms with van der Waals surface area (Å²) in [7, 11) is 0. The van der Waals surface area contributed by atoms with Crippen molar-refractivity contribution in [1.29, 1.82) is 15.8 Å². The minimum Gasteiger partial charge on any atom is -0.247 e. The van der Waals surface area contributed by atoms with Gasteiger partial charge in [0, 0.05) is 32.8 Å². The van der Waals surface area contributed by atoms with E-state index in [4.69, 9.17) is 15.0 Å². The summed E-state index contributed by atoms with van der Waals surface area (Å²) in [5.74, 6) is 0. The highest BCUT2D eigenvalue weighted by atomic mass is 19.4. The minimum absolute atomic E-state index is 0.0842. The van der Waals surface area contributed by atoms with Crippen LogP contribution in [-0.4, -0.2) is 15.0 Å². The van der Waals surface area contributed by atoms with E-state index in [1.54, 1.807) is 84.9 Å². The highest BCUT2D eigenvalue weighted by Gasteiger charge is 2.37. The second kappa shape index (κ2) is 13.3. The smallest absolute Gasteiger partial charge is 0.247 e. The monoisotopic (exact) mass is 746 g/mol. The fraction of sp³-hybridized carbons (Fsp3) is 0.0455. The molecule has 0 saturated carbocycles. The fourth-order valence-electron chi connectivity index (χ4n) is 6.71. The van der Waals surface area contributed by atoms with E-state index in [0.29, 0.717) is 89.7 Å². The van der Waals surface area contributed by atoms with Crippen molar-refractivity contribution >= 4 is 32.7 Å². The topological polar surface area (TPSA) is 110 Å². The molecule has 56 heavy (non-hydrogen) atoms. The Kier molecular flexibility index (Phi) is 8.44. The van der Waals surface area contributed by atoms with Crippen LogP contribution in [0, 0.1) is 34.0 Å². The van der Waals surface area contributed by atoms with Crippen molar-refractivity contribution in [2.24, 2.45) is 0 Å². The Morgan fingerprint density at radius 2 is 0.911 bits per heavy atom. The lowest BCUT2D eigenvalue weighted by Gasteiger charge is -2.17. The van der Waals surface area contributed by atoms with Gasteiger partial charge in [-0.3, -0.25) is 0 Å². The molecule has 6 aromatic carbocycles. The number of para-hydroxylation sites is 1. The van der Waals surface area contributed by atoms with Gasteiger partial charge in [0.15, 0.2) is 0 Å². The Morgan fingerprint density at radius 3 is 1.45 bits per heavy atom. The predicted octanol–water partition coefficient (Wildman–Crippen LogP) is 11.7. The number of hydrogen-bond acceptors (Lipinski definition) is 6. The first kappa shape index (κ1) is 35.4. The zero-order valence-corrected chi connectivity index (χ0v) is 28.5. The lowest BCUT2D eigenvalue weighted by molar-refractivity contribution is -0.143. The summed E-state index contributed by atoms with van der Waals surface area (Å²) >= 11 is 0. The van der Waals surface area contributed by atoms with Gasteiger partial charge >= 0.3 is 12.4 Å². The number of fused-ring (bicyclic) bond motifs is 5. The maximum atomic E-state index is 13.7. The number of benzene rings is 6. The Balaban J connectivity index is 1.42. The predicted molar refractivity (Wildman–Crippen MR) is 198 cm³/mol. The standard InChI is InChI=1S/C44H20F6N6/c45-43(46,47)32-17-30(18-33(20-32)44(48,49)50)26-13-15-27(16-14-26)39-38-37(34-3-1-2-4-35(34)54-39)31(23-53)19-36-42(38)56-41(29-11-7-25(22-52)8-12-29)40(55-36)28-9-5-24(21-51)6-10-28/h1-20H. The fourth-order valence-corrected chi connectivity index (χ4v) is 6.71. The number of nitrogens with zero attached hydrogens (tertiary/aromatic N) is 6. The van der Waals surface area contributed by atoms with Gasteiger partial charge in [-0.25, -0.2) is 15.0 Å². The third-order valence-electron chi connectivity index (χ3n) is 9.38. The molecule has 0 aliphatic rings. The van der Waals surface area contributed by atoms with E-state index in [2.05, 4.69) is 18.2 Å². The third-order valence-corrected chi connectivity index (χ3v) is 9.38. The average molecular weight is 747 g/mol. The van der Waals surface area contributed by atoms with Crippen LogP contribution in [0.2, 0.25) is 0 Å². The Labute approximate surface area is 313 Å². The molecule has 0 aliphatic carbocycles. The number of nitriles is 3. The molecule has 0 N–H and O–H groups in total. The number of halogens is 6. The van der Waals surface area contributed by atoms with Crippen molar-refractivity contribution in [3.05, 3.63) is 149 Å². The van der Waals surface area contributed by atoms with Crippen molar-refractivity contribution in [3.63, 3.8) is 0 Å². The Bertz CT molecular complexity index is 2970. The first-order valence-corrected chi connectivity index (χ1v) is 16.7. The van der Waals surface area contributed by atoms with Gasteiger partial charge in [-0.15, -0.1) is 0 Å². The molecule has 2 heterocycles. The molecule has 0 aliphatic heterocycles. The number of alkyl halides is 6. The van der Waals surface area contributed by atoms with E-state index in [-0.39, 0.29) is 22.8 Å². The highest BCUT2D eigenvalue weighted by molar-refractivity contribution is 6.22. The van der Waals surface area contributed by atoms with Gasteiger partial charge in [0.2, 0.25) is 0 Å². The van der Waals surface area contributed by atoms with Crippen LogP contribution in [0.1, 0.15) is 27.8 Å². The molecule has 8 rings (SSSR count). The molecule has 6 nitrogen and oxygen atoms in total. The summed E-state index contributed by atoms with van der Waals surface area (Å²) in [6.45, 7) is 0. The van der Waals surface area contributed by atoms with Crippen LogP contribution in [0.15, 0.2) is 121 Å². The number of rotatable bonds is 4. The summed E-state index contributed by atoms with van der Waals surface area (Å²) in [5, 5.41) is 31.0. The van der Waals surface area contributed by atoms with Crippen molar-refractivity contribution in [3.8, 4) is 63.1 Å². The third kappa shape index (κ3) is 6.27. The number of pyridine rings is 1. The Morgan fingerprint density at radius 1 is 0.429 bits per heavy atom. The van der Waals surface area contributed by atoms with Crippen LogP contribution in [0.25, 0.3) is 77.6 Å². The summed E-state index contributed by atoms with van der Waals surface area (Å²) in [4.78, 5) is 15.2. The SMILES string of the molecule is N#Cc1ccc(-c2nc3cc(C#N)c4c5ccccc5nc(-c5ccc(-c6cc(C(F)(F)F)cc(C(F)(F)F)c6)cc5)c4c3nc2-c2ccc(C#N)cc2)cc1. The first-order valence-electron chi connectivity index (χ1n) is 16.7. The molecule has 0 unspecified atom stereocenters. The first-order chi connectivity index (χ1) is 26.9. The Hall–Kier alpha value is -7.62. The van der Waals surface area contributed by atoms with Crippen LogP contribution >= 0.6 is 0 Å². The summed E-state index contributed by atoms with van der Waals surface area (Å²) in [6, 6.07) is 36.1. The summed E-state index contributed by atoms with van der Waals surface area (Å²) < 4.78 is 82.2. The molecular formula is C44H20F6N6. The molecule has 0 bridgehead atoms. The number of aromatic nitrogens is 3. The van der Waals surface area contributed by atoms with Gasteiger partial charge in [-0.1, -0.05) is 66.7 Å². The normalized spacial score (nSPS) is 11.7. The molecule has 0 fully saturated rings. The van der Waals surface area contributed by atoms with Crippen LogP contribution in [0.5, 0.6) is 0 Å². The van der Waals surface area contributed by atoms with E-state index in [1.165, 1.54) is 12.1 Å². The maximum absolute atomic E-state index is 13.7. The second-order valence-electron chi connectivity index (χ2n) is 12.8. The zero-order chi connectivity index (χ0) is 39.4.